The minimum absolute atomic E-state index is 0.243. The maximum absolute atomic E-state index is 6.63. The van der Waals surface area contributed by atoms with Gasteiger partial charge in [-0.25, -0.2) is 0 Å². The zero-order valence-electron chi connectivity index (χ0n) is 19.6. The standard InChI is InChI=1S/C31H28O3/c1-21-15-25-26-16-22(2)29(33-20-24-11-7-4-8-12-24)18-30(26)34-31(13-14-31)27(25)17-28(21)32-19-23-9-5-3-6-10-23/h3-12,15-18H,13-14,19-20H2,1-2H3. The molecule has 6 rings (SSSR count). The van der Waals surface area contributed by atoms with E-state index in [-0.39, 0.29) is 5.60 Å². The molecule has 34 heavy (non-hydrogen) atoms. The molecule has 4 aromatic carbocycles. The quantitative estimate of drug-likeness (QED) is 0.305. The topological polar surface area (TPSA) is 27.7 Å². The van der Waals surface area contributed by atoms with E-state index in [2.05, 4.69) is 62.4 Å². The fourth-order valence-electron chi connectivity index (χ4n) is 4.78. The van der Waals surface area contributed by atoms with Crippen LogP contribution in [0.2, 0.25) is 0 Å². The first kappa shape index (κ1) is 20.9. The van der Waals surface area contributed by atoms with Crippen LogP contribution in [-0.4, -0.2) is 0 Å². The first-order chi connectivity index (χ1) is 16.6. The van der Waals surface area contributed by atoms with Gasteiger partial charge in [0.25, 0.3) is 0 Å². The Kier molecular flexibility index (Phi) is 5.06. The molecule has 0 N–H and O–H groups in total. The molecule has 1 heterocycles. The molecular weight excluding hydrogens is 420 g/mol. The summed E-state index contributed by atoms with van der Waals surface area (Å²) in [5.74, 6) is 2.72. The Bertz CT molecular complexity index is 1340. The number of hydrogen-bond donors (Lipinski definition) is 0. The van der Waals surface area contributed by atoms with Gasteiger partial charge >= 0.3 is 0 Å². The molecule has 3 nitrogen and oxygen atoms in total. The van der Waals surface area contributed by atoms with Gasteiger partial charge in [0.05, 0.1) is 0 Å². The van der Waals surface area contributed by atoms with Crippen LogP contribution < -0.4 is 14.2 Å². The van der Waals surface area contributed by atoms with Crippen molar-refractivity contribution < 1.29 is 14.2 Å². The van der Waals surface area contributed by atoms with Crippen molar-refractivity contribution in [3.63, 3.8) is 0 Å². The second kappa shape index (κ2) is 8.25. The Morgan fingerprint density at radius 1 is 0.676 bits per heavy atom. The molecule has 2 aliphatic rings. The fourth-order valence-corrected chi connectivity index (χ4v) is 4.78. The van der Waals surface area contributed by atoms with Gasteiger partial charge in [-0.3, -0.25) is 0 Å². The third-order valence-corrected chi connectivity index (χ3v) is 6.86. The molecule has 170 valence electrons. The van der Waals surface area contributed by atoms with E-state index < -0.39 is 0 Å². The summed E-state index contributed by atoms with van der Waals surface area (Å²) in [6.07, 6.45) is 2.05. The molecule has 0 unspecified atom stereocenters. The first-order valence-corrected chi connectivity index (χ1v) is 11.9. The molecule has 3 heteroatoms. The van der Waals surface area contributed by atoms with Gasteiger partial charge in [-0.05, 0) is 72.7 Å². The van der Waals surface area contributed by atoms with Crippen LogP contribution in [0.3, 0.4) is 0 Å². The highest BCUT2D eigenvalue weighted by molar-refractivity contribution is 5.80. The van der Waals surface area contributed by atoms with Crippen LogP contribution in [0.1, 0.15) is 40.7 Å². The van der Waals surface area contributed by atoms with Gasteiger partial charge < -0.3 is 14.2 Å². The normalized spacial score (nSPS) is 14.6. The SMILES string of the molecule is Cc1cc2c(cc1OCc1ccccc1)OC1(CC1)c1cc(OCc3ccccc3)c(C)cc1-2. The molecule has 0 radical (unpaired) electrons. The van der Waals surface area contributed by atoms with E-state index in [0.29, 0.717) is 13.2 Å². The predicted octanol–water partition coefficient (Wildman–Crippen LogP) is 7.51. The van der Waals surface area contributed by atoms with Crippen LogP contribution in [0, 0.1) is 13.8 Å². The highest BCUT2D eigenvalue weighted by Crippen LogP contribution is 2.59. The smallest absolute Gasteiger partial charge is 0.135 e. The molecule has 1 aliphatic carbocycles. The van der Waals surface area contributed by atoms with Crippen molar-refractivity contribution in [1.82, 2.24) is 0 Å². The van der Waals surface area contributed by atoms with Gasteiger partial charge in [-0.2, -0.15) is 0 Å². The summed E-state index contributed by atoms with van der Waals surface area (Å²) in [4.78, 5) is 0. The summed E-state index contributed by atoms with van der Waals surface area (Å²) in [5, 5.41) is 0. The maximum Gasteiger partial charge on any atom is 0.135 e. The van der Waals surface area contributed by atoms with Crippen LogP contribution in [0.5, 0.6) is 17.2 Å². The van der Waals surface area contributed by atoms with Crippen LogP contribution in [-0.2, 0) is 18.8 Å². The second-order valence-electron chi connectivity index (χ2n) is 9.42. The fraction of sp³-hybridized carbons (Fsp3) is 0.226. The van der Waals surface area contributed by atoms with Gasteiger partial charge in [0.15, 0.2) is 0 Å². The summed E-state index contributed by atoms with van der Waals surface area (Å²) >= 11 is 0. The van der Waals surface area contributed by atoms with Gasteiger partial charge in [-0.15, -0.1) is 0 Å². The molecule has 0 amide bonds. The van der Waals surface area contributed by atoms with Gasteiger partial charge in [0, 0.05) is 17.2 Å². The van der Waals surface area contributed by atoms with Crippen LogP contribution in [0.15, 0.2) is 84.9 Å². The van der Waals surface area contributed by atoms with E-state index in [1.807, 2.05) is 36.4 Å². The zero-order valence-corrected chi connectivity index (χ0v) is 19.6. The van der Waals surface area contributed by atoms with Crippen molar-refractivity contribution >= 4 is 0 Å². The Morgan fingerprint density at radius 2 is 1.21 bits per heavy atom. The Labute approximate surface area is 200 Å². The van der Waals surface area contributed by atoms with Crippen LogP contribution >= 0.6 is 0 Å². The van der Waals surface area contributed by atoms with E-state index in [0.717, 1.165) is 52.3 Å². The van der Waals surface area contributed by atoms with Gasteiger partial charge in [-0.1, -0.05) is 60.7 Å². The number of aryl methyl sites for hydroxylation is 2. The number of rotatable bonds is 6. The molecular formula is C31H28O3. The minimum atomic E-state index is -0.243. The highest BCUT2D eigenvalue weighted by atomic mass is 16.5. The van der Waals surface area contributed by atoms with E-state index in [1.165, 1.54) is 16.7 Å². The molecule has 1 spiro atoms. The van der Waals surface area contributed by atoms with Crippen molar-refractivity contribution in [2.24, 2.45) is 0 Å². The molecule has 1 saturated carbocycles. The second-order valence-corrected chi connectivity index (χ2v) is 9.42. The first-order valence-electron chi connectivity index (χ1n) is 11.9. The van der Waals surface area contributed by atoms with E-state index in [1.54, 1.807) is 0 Å². The lowest BCUT2D eigenvalue weighted by molar-refractivity contribution is 0.175. The van der Waals surface area contributed by atoms with E-state index in [9.17, 15) is 0 Å². The Morgan fingerprint density at radius 3 is 1.76 bits per heavy atom. The van der Waals surface area contributed by atoms with Crippen molar-refractivity contribution in [1.29, 1.82) is 0 Å². The molecule has 0 atom stereocenters. The summed E-state index contributed by atoms with van der Waals surface area (Å²) < 4.78 is 19.0. The zero-order chi connectivity index (χ0) is 23.1. The average molecular weight is 449 g/mol. The summed E-state index contributed by atoms with van der Waals surface area (Å²) in [7, 11) is 0. The van der Waals surface area contributed by atoms with E-state index in [4.69, 9.17) is 14.2 Å². The van der Waals surface area contributed by atoms with Crippen molar-refractivity contribution in [3.8, 4) is 28.4 Å². The van der Waals surface area contributed by atoms with E-state index >= 15 is 0 Å². The average Bonchev–Trinajstić information content (AvgIpc) is 3.63. The largest absolute Gasteiger partial charge is 0.489 e. The Hall–Kier alpha value is -3.72. The maximum atomic E-state index is 6.63. The monoisotopic (exact) mass is 448 g/mol. The summed E-state index contributed by atoms with van der Waals surface area (Å²) in [5.41, 5.74) is 7.96. The van der Waals surface area contributed by atoms with Crippen molar-refractivity contribution in [2.45, 2.75) is 45.5 Å². The summed E-state index contributed by atoms with van der Waals surface area (Å²) in [6.45, 7) is 5.33. The molecule has 1 fully saturated rings. The Balaban J connectivity index is 1.31. The van der Waals surface area contributed by atoms with Crippen LogP contribution in [0.25, 0.3) is 11.1 Å². The predicted molar refractivity (Wildman–Crippen MR) is 134 cm³/mol. The lowest BCUT2D eigenvalue weighted by Crippen LogP contribution is -2.21. The number of ether oxygens (including phenoxy) is 3. The molecule has 0 bridgehead atoms. The third-order valence-electron chi connectivity index (χ3n) is 6.86. The highest BCUT2D eigenvalue weighted by Gasteiger charge is 2.51. The van der Waals surface area contributed by atoms with Gasteiger partial charge in [0.1, 0.15) is 36.1 Å². The number of hydrogen-bond acceptors (Lipinski definition) is 3. The lowest BCUT2D eigenvalue weighted by Gasteiger charge is -2.31. The van der Waals surface area contributed by atoms with Gasteiger partial charge in [0.2, 0.25) is 0 Å². The molecule has 4 aromatic rings. The third kappa shape index (κ3) is 3.81. The minimum Gasteiger partial charge on any atom is -0.489 e. The number of fused-ring (bicyclic) bond motifs is 4. The molecule has 1 aliphatic heterocycles. The van der Waals surface area contributed by atoms with Crippen LogP contribution in [0.4, 0.5) is 0 Å². The number of benzene rings is 4. The summed E-state index contributed by atoms with van der Waals surface area (Å²) in [6, 6.07) is 29.3. The molecule has 0 aromatic heterocycles. The lowest BCUT2D eigenvalue weighted by atomic mass is 9.88. The van der Waals surface area contributed by atoms with Crippen molar-refractivity contribution in [3.05, 3.63) is 113 Å². The molecule has 0 saturated heterocycles. The van der Waals surface area contributed by atoms with Crippen molar-refractivity contribution in [2.75, 3.05) is 0 Å².